The normalized spacial score (nSPS) is 19.2. The Labute approximate surface area is 194 Å². The number of amides is 1. The minimum Gasteiger partial charge on any atom is -0.352 e. The van der Waals surface area contributed by atoms with Crippen LogP contribution in [0.4, 0.5) is 0 Å². The summed E-state index contributed by atoms with van der Waals surface area (Å²) in [5, 5.41) is 11.7. The van der Waals surface area contributed by atoms with E-state index < -0.39 is 10.0 Å². The molecule has 0 spiro atoms. The second-order valence-corrected chi connectivity index (χ2v) is 10.9. The van der Waals surface area contributed by atoms with Crippen LogP contribution in [0.1, 0.15) is 46.5 Å². The zero-order chi connectivity index (χ0) is 23.3. The molecule has 2 atom stereocenters. The Hall–Kier alpha value is -2.11. The second kappa shape index (κ2) is 10.7. The highest BCUT2D eigenvalue weighted by atomic mass is 32.2. The van der Waals surface area contributed by atoms with E-state index in [4.69, 9.17) is 5.84 Å². The molecule has 3 N–H and O–H groups in total. The lowest BCUT2D eigenvalue weighted by atomic mass is 9.86. The molecule has 0 bridgehead atoms. The van der Waals surface area contributed by atoms with Gasteiger partial charge in [-0.05, 0) is 30.9 Å². The number of aromatic nitrogens is 3. The van der Waals surface area contributed by atoms with Gasteiger partial charge in [-0.3, -0.25) is 4.79 Å². The zero-order valence-electron chi connectivity index (χ0n) is 18.8. The maximum atomic E-state index is 12.8. The van der Waals surface area contributed by atoms with Crippen molar-refractivity contribution in [3.63, 3.8) is 0 Å². The summed E-state index contributed by atoms with van der Waals surface area (Å²) in [6.45, 7) is 6.55. The number of carbonyl (C=O) groups is 1. The first-order chi connectivity index (χ1) is 15.3. The molecule has 1 aliphatic rings. The van der Waals surface area contributed by atoms with E-state index in [9.17, 15) is 13.2 Å². The average molecular weight is 481 g/mol. The number of thioether (sulfide) groups is 1. The van der Waals surface area contributed by atoms with Crippen LogP contribution in [0, 0.1) is 5.92 Å². The van der Waals surface area contributed by atoms with Crippen molar-refractivity contribution in [2.75, 3.05) is 24.7 Å². The Morgan fingerprint density at radius 1 is 1.25 bits per heavy atom. The Morgan fingerprint density at radius 3 is 2.66 bits per heavy atom. The SMILES string of the molecule is CCN(CC)S(=O)(=O)c1cccc(-c2nnc(SCC(=O)NC3CCCCC3C)n2N)c1. The van der Waals surface area contributed by atoms with E-state index in [1.54, 1.807) is 38.1 Å². The van der Waals surface area contributed by atoms with Crippen LogP contribution in [0.5, 0.6) is 0 Å². The predicted octanol–water partition coefficient (Wildman–Crippen LogP) is 2.48. The van der Waals surface area contributed by atoms with Gasteiger partial charge in [-0.25, -0.2) is 13.1 Å². The number of hydrogen-bond donors (Lipinski definition) is 2. The average Bonchev–Trinajstić information content (AvgIpc) is 3.15. The number of benzene rings is 1. The van der Waals surface area contributed by atoms with Crippen molar-refractivity contribution in [3.8, 4) is 11.4 Å². The Kier molecular flexibility index (Phi) is 8.18. The number of nitrogen functional groups attached to an aromatic ring is 1. The molecule has 0 saturated heterocycles. The summed E-state index contributed by atoms with van der Waals surface area (Å²) in [5.41, 5.74) is 0.542. The first-order valence-electron chi connectivity index (χ1n) is 11.0. The molecule has 1 aromatic carbocycles. The highest BCUT2D eigenvalue weighted by molar-refractivity contribution is 7.99. The zero-order valence-corrected chi connectivity index (χ0v) is 20.5. The van der Waals surface area contributed by atoms with Crippen molar-refractivity contribution < 1.29 is 13.2 Å². The van der Waals surface area contributed by atoms with Gasteiger partial charge in [-0.15, -0.1) is 10.2 Å². The van der Waals surface area contributed by atoms with Gasteiger partial charge in [0.15, 0.2) is 5.82 Å². The molecule has 2 unspecified atom stereocenters. The molecule has 32 heavy (non-hydrogen) atoms. The van der Waals surface area contributed by atoms with E-state index in [1.165, 1.54) is 27.2 Å². The van der Waals surface area contributed by atoms with E-state index in [2.05, 4.69) is 22.4 Å². The van der Waals surface area contributed by atoms with Crippen molar-refractivity contribution in [1.29, 1.82) is 0 Å². The summed E-state index contributed by atoms with van der Waals surface area (Å²) in [5.74, 6) is 7.14. The van der Waals surface area contributed by atoms with Crippen molar-refractivity contribution >= 4 is 27.7 Å². The minimum atomic E-state index is -3.60. The number of nitrogens with two attached hydrogens (primary N) is 1. The van der Waals surface area contributed by atoms with Crippen molar-refractivity contribution in [2.24, 2.45) is 5.92 Å². The van der Waals surface area contributed by atoms with Gasteiger partial charge < -0.3 is 11.2 Å². The Balaban J connectivity index is 1.70. The molecule has 2 aromatic rings. The summed E-state index contributed by atoms with van der Waals surface area (Å²) in [7, 11) is -3.60. The largest absolute Gasteiger partial charge is 0.352 e. The molecule has 176 valence electrons. The van der Waals surface area contributed by atoms with E-state index >= 15 is 0 Å². The monoisotopic (exact) mass is 480 g/mol. The molecule has 1 amide bonds. The number of nitrogens with one attached hydrogen (secondary N) is 1. The molecular weight excluding hydrogens is 448 g/mol. The van der Waals surface area contributed by atoms with Gasteiger partial charge in [0.05, 0.1) is 10.6 Å². The Morgan fingerprint density at radius 2 is 1.97 bits per heavy atom. The smallest absolute Gasteiger partial charge is 0.243 e. The van der Waals surface area contributed by atoms with Crippen LogP contribution >= 0.6 is 11.8 Å². The lowest BCUT2D eigenvalue weighted by Gasteiger charge is -2.29. The maximum Gasteiger partial charge on any atom is 0.243 e. The molecule has 1 aromatic heterocycles. The predicted molar refractivity (Wildman–Crippen MR) is 126 cm³/mol. The molecule has 1 heterocycles. The van der Waals surface area contributed by atoms with Crippen LogP contribution in [0.15, 0.2) is 34.3 Å². The van der Waals surface area contributed by atoms with Gasteiger partial charge in [0.2, 0.25) is 21.1 Å². The molecule has 1 saturated carbocycles. The van der Waals surface area contributed by atoms with Gasteiger partial charge in [0, 0.05) is 24.7 Å². The minimum absolute atomic E-state index is 0.0504. The molecular formula is C21H32N6O3S2. The number of hydrogen-bond acceptors (Lipinski definition) is 7. The molecule has 11 heteroatoms. The third-order valence-corrected chi connectivity index (χ3v) is 8.88. The van der Waals surface area contributed by atoms with Gasteiger partial charge in [0.25, 0.3) is 0 Å². The van der Waals surface area contributed by atoms with Crippen LogP contribution in [0.3, 0.4) is 0 Å². The molecule has 1 fully saturated rings. The van der Waals surface area contributed by atoms with Crippen LogP contribution in [0.25, 0.3) is 11.4 Å². The van der Waals surface area contributed by atoms with E-state index in [0.717, 1.165) is 19.3 Å². The maximum absolute atomic E-state index is 12.8. The first-order valence-corrected chi connectivity index (χ1v) is 13.4. The van der Waals surface area contributed by atoms with E-state index in [-0.39, 0.29) is 22.6 Å². The highest BCUT2D eigenvalue weighted by Crippen LogP contribution is 2.26. The van der Waals surface area contributed by atoms with Crippen LogP contribution in [-0.2, 0) is 14.8 Å². The van der Waals surface area contributed by atoms with Gasteiger partial charge >= 0.3 is 0 Å². The fraction of sp³-hybridized carbons (Fsp3) is 0.571. The highest BCUT2D eigenvalue weighted by Gasteiger charge is 2.24. The standard InChI is InChI=1S/C21H32N6O3S2/c1-4-26(5-2)32(29,30)17-11-8-10-16(13-17)20-24-25-21(27(20)22)31-14-19(28)23-18-12-7-6-9-15(18)3/h8,10-11,13,15,18H,4-7,9,12,14,22H2,1-3H3,(H,23,28). The van der Waals surface area contributed by atoms with Crippen molar-refractivity contribution in [3.05, 3.63) is 24.3 Å². The van der Waals surface area contributed by atoms with Crippen LogP contribution < -0.4 is 11.2 Å². The molecule has 0 radical (unpaired) electrons. The molecule has 0 aliphatic heterocycles. The second-order valence-electron chi connectivity index (χ2n) is 8.02. The molecule has 1 aliphatic carbocycles. The number of rotatable bonds is 9. The summed E-state index contributed by atoms with van der Waals surface area (Å²) in [4.78, 5) is 12.6. The van der Waals surface area contributed by atoms with E-state index in [1.807, 2.05) is 0 Å². The number of nitrogens with zero attached hydrogens (tertiary/aromatic N) is 4. The number of sulfonamides is 1. The van der Waals surface area contributed by atoms with Crippen LogP contribution in [0.2, 0.25) is 0 Å². The first kappa shape index (κ1) is 24.5. The van der Waals surface area contributed by atoms with Crippen molar-refractivity contribution in [2.45, 2.75) is 62.5 Å². The molecule has 3 rings (SSSR count). The summed E-state index contributed by atoms with van der Waals surface area (Å²) < 4.78 is 28.4. The lowest BCUT2D eigenvalue weighted by Crippen LogP contribution is -2.41. The lowest BCUT2D eigenvalue weighted by molar-refractivity contribution is -0.119. The summed E-state index contributed by atoms with van der Waals surface area (Å²) >= 11 is 1.21. The Bertz CT molecular complexity index is 1040. The number of carbonyl (C=O) groups excluding carboxylic acids is 1. The summed E-state index contributed by atoms with van der Waals surface area (Å²) in [6, 6.07) is 6.72. The molecule has 9 nitrogen and oxygen atoms in total. The fourth-order valence-corrected chi connectivity index (χ4v) is 6.16. The van der Waals surface area contributed by atoms with Crippen LogP contribution in [-0.4, -0.2) is 58.4 Å². The topological polar surface area (TPSA) is 123 Å². The fourth-order valence-electron chi connectivity index (χ4n) is 3.99. The van der Waals surface area contributed by atoms with E-state index in [0.29, 0.717) is 35.6 Å². The van der Waals surface area contributed by atoms with Gasteiger partial charge in [-0.2, -0.15) is 4.31 Å². The third kappa shape index (κ3) is 5.44. The van der Waals surface area contributed by atoms with Crippen molar-refractivity contribution in [1.82, 2.24) is 24.5 Å². The van der Waals surface area contributed by atoms with Gasteiger partial charge in [-0.1, -0.05) is 57.5 Å². The summed E-state index contributed by atoms with van der Waals surface area (Å²) in [6.07, 6.45) is 4.52. The third-order valence-electron chi connectivity index (χ3n) is 5.89. The van der Waals surface area contributed by atoms with Gasteiger partial charge in [0.1, 0.15) is 0 Å². The quantitative estimate of drug-likeness (QED) is 0.417.